The molecular formula is C13H12N4O. The molecule has 0 fully saturated rings. The molecule has 5 nitrogen and oxygen atoms in total. The summed E-state index contributed by atoms with van der Waals surface area (Å²) < 4.78 is 5.12. The molecule has 0 amide bonds. The highest BCUT2D eigenvalue weighted by atomic mass is 16.5. The van der Waals surface area contributed by atoms with Gasteiger partial charge < -0.3 is 15.8 Å². The van der Waals surface area contributed by atoms with Crippen LogP contribution in [-0.4, -0.2) is 12.1 Å². The largest absolute Gasteiger partial charge is 0.497 e. The lowest BCUT2D eigenvalue weighted by Gasteiger charge is -2.09. The molecule has 0 aliphatic heterocycles. The molecule has 2 rings (SSSR count). The van der Waals surface area contributed by atoms with Crippen LogP contribution in [-0.2, 0) is 0 Å². The van der Waals surface area contributed by atoms with E-state index in [0.29, 0.717) is 17.1 Å². The van der Waals surface area contributed by atoms with Crippen LogP contribution in [0, 0.1) is 11.3 Å². The normalized spacial score (nSPS) is 9.56. The van der Waals surface area contributed by atoms with Crippen molar-refractivity contribution in [2.45, 2.75) is 0 Å². The Bertz CT molecular complexity index is 604. The van der Waals surface area contributed by atoms with Crippen molar-refractivity contribution in [1.82, 2.24) is 4.98 Å². The van der Waals surface area contributed by atoms with Crippen LogP contribution in [0.2, 0.25) is 0 Å². The van der Waals surface area contributed by atoms with Gasteiger partial charge in [-0.1, -0.05) is 6.07 Å². The third kappa shape index (κ3) is 2.50. The fraction of sp³-hybridized carbons (Fsp3) is 0.0769. The van der Waals surface area contributed by atoms with Crippen molar-refractivity contribution in [1.29, 1.82) is 5.26 Å². The van der Waals surface area contributed by atoms with Crippen LogP contribution in [0.3, 0.4) is 0 Å². The summed E-state index contributed by atoms with van der Waals surface area (Å²) in [5.74, 6) is 1.26. The Balaban J connectivity index is 2.26. The number of aromatic nitrogens is 1. The third-order valence-electron chi connectivity index (χ3n) is 2.38. The molecule has 0 saturated carbocycles. The molecular weight excluding hydrogens is 228 g/mol. The van der Waals surface area contributed by atoms with Crippen LogP contribution >= 0.6 is 0 Å². The maximum atomic E-state index is 8.73. The number of hydrogen-bond donors (Lipinski definition) is 2. The molecule has 90 valence electrons. The van der Waals surface area contributed by atoms with Crippen molar-refractivity contribution in [2.75, 3.05) is 18.2 Å². The minimum atomic E-state index is 0.428. The van der Waals surface area contributed by atoms with Crippen molar-refractivity contribution in [3.8, 4) is 11.8 Å². The smallest absolute Gasteiger partial charge is 0.153 e. The van der Waals surface area contributed by atoms with E-state index < -0.39 is 0 Å². The minimum Gasteiger partial charge on any atom is -0.497 e. The molecule has 0 radical (unpaired) electrons. The monoisotopic (exact) mass is 240 g/mol. The highest BCUT2D eigenvalue weighted by molar-refractivity contribution is 5.70. The van der Waals surface area contributed by atoms with Gasteiger partial charge in [-0.05, 0) is 18.2 Å². The molecule has 18 heavy (non-hydrogen) atoms. The van der Waals surface area contributed by atoms with Crippen LogP contribution in [0.5, 0.6) is 5.75 Å². The van der Waals surface area contributed by atoms with Gasteiger partial charge in [0.15, 0.2) is 5.82 Å². The predicted octanol–water partition coefficient (Wildman–Crippen LogP) is 2.29. The van der Waals surface area contributed by atoms with Gasteiger partial charge in [0.25, 0.3) is 0 Å². The molecule has 0 saturated heterocycles. The Kier molecular flexibility index (Phi) is 3.30. The second kappa shape index (κ2) is 5.06. The number of nitrogens with one attached hydrogen (secondary N) is 1. The SMILES string of the molecule is COc1cccc(Nc2ncc(C#N)cc2N)c1. The summed E-state index contributed by atoms with van der Waals surface area (Å²) in [5, 5.41) is 11.8. The van der Waals surface area contributed by atoms with Gasteiger partial charge in [0.1, 0.15) is 11.8 Å². The standard InChI is InChI=1S/C13H12N4O/c1-18-11-4-2-3-10(6-11)17-13-12(15)5-9(7-14)8-16-13/h2-6,8H,15H2,1H3,(H,16,17). The summed E-state index contributed by atoms with van der Waals surface area (Å²) >= 11 is 0. The van der Waals surface area contributed by atoms with Gasteiger partial charge in [-0.3, -0.25) is 0 Å². The lowest BCUT2D eigenvalue weighted by atomic mass is 10.2. The number of pyridine rings is 1. The Morgan fingerprint density at radius 2 is 2.22 bits per heavy atom. The van der Waals surface area contributed by atoms with Crippen molar-refractivity contribution in [3.63, 3.8) is 0 Å². The Morgan fingerprint density at radius 1 is 1.39 bits per heavy atom. The topological polar surface area (TPSA) is 84.0 Å². The molecule has 0 aliphatic rings. The Labute approximate surface area is 105 Å². The zero-order chi connectivity index (χ0) is 13.0. The maximum Gasteiger partial charge on any atom is 0.153 e. The van der Waals surface area contributed by atoms with Crippen molar-refractivity contribution in [3.05, 3.63) is 42.1 Å². The van der Waals surface area contributed by atoms with E-state index in [1.165, 1.54) is 6.20 Å². The highest BCUT2D eigenvalue weighted by Gasteiger charge is 2.03. The number of ether oxygens (including phenoxy) is 1. The lowest BCUT2D eigenvalue weighted by molar-refractivity contribution is 0.415. The fourth-order valence-corrected chi connectivity index (χ4v) is 1.48. The van der Waals surface area contributed by atoms with Gasteiger partial charge in [-0.2, -0.15) is 5.26 Å². The first kappa shape index (κ1) is 11.7. The predicted molar refractivity (Wildman–Crippen MR) is 69.6 cm³/mol. The summed E-state index contributed by atoms with van der Waals surface area (Å²) in [6.07, 6.45) is 1.47. The number of rotatable bonds is 3. The van der Waals surface area contributed by atoms with E-state index in [2.05, 4.69) is 10.3 Å². The molecule has 0 bridgehead atoms. The summed E-state index contributed by atoms with van der Waals surface area (Å²) in [6.45, 7) is 0. The van der Waals surface area contributed by atoms with E-state index in [9.17, 15) is 0 Å². The Morgan fingerprint density at radius 3 is 2.89 bits per heavy atom. The third-order valence-corrected chi connectivity index (χ3v) is 2.38. The van der Waals surface area contributed by atoms with Gasteiger partial charge in [-0.15, -0.1) is 0 Å². The summed E-state index contributed by atoms with van der Waals surface area (Å²) in [6, 6.07) is 11.0. The van der Waals surface area contributed by atoms with E-state index in [-0.39, 0.29) is 0 Å². The van der Waals surface area contributed by atoms with Crippen molar-refractivity contribution >= 4 is 17.2 Å². The fourth-order valence-electron chi connectivity index (χ4n) is 1.48. The van der Waals surface area contributed by atoms with E-state index in [1.807, 2.05) is 30.3 Å². The van der Waals surface area contributed by atoms with E-state index in [0.717, 1.165) is 11.4 Å². The second-order valence-corrected chi connectivity index (χ2v) is 3.63. The van der Waals surface area contributed by atoms with Crippen LogP contribution in [0.15, 0.2) is 36.5 Å². The molecule has 0 spiro atoms. The molecule has 0 aliphatic carbocycles. The number of nitrogen functional groups attached to an aromatic ring is 1. The highest BCUT2D eigenvalue weighted by Crippen LogP contribution is 2.23. The average molecular weight is 240 g/mol. The number of anilines is 3. The van der Waals surface area contributed by atoms with Crippen LogP contribution in [0.1, 0.15) is 5.56 Å². The molecule has 0 atom stereocenters. The van der Waals surface area contributed by atoms with Gasteiger partial charge >= 0.3 is 0 Å². The zero-order valence-corrected chi connectivity index (χ0v) is 9.84. The molecule has 1 heterocycles. The first-order valence-electron chi connectivity index (χ1n) is 5.29. The van der Waals surface area contributed by atoms with Crippen LogP contribution < -0.4 is 15.8 Å². The number of nitrogens with zero attached hydrogens (tertiary/aromatic N) is 2. The number of methoxy groups -OCH3 is 1. The van der Waals surface area contributed by atoms with E-state index in [1.54, 1.807) is 13.2 Å². The number of nitrogens with two attached hydrogens (primary N) is 1. The summed E-state index contributed by atoms with van der Waals surface area (Å²) in [7, 11) is 1.60. The van der Waals surface area contributed by atoms with E-state index >= 15 is 0 Å². The first-order chi connectivity index (χ1) is 8.72. The first-order valence-corrected chi connectivity index (χ1v) is 5.29. The molecule has 3 N–H and O–H groups in total. The Hall–Kier alpha value is -2.74. The maximum absolute atomic E-state index is 8.73. The van der Waals surface area contributed by atoms with Gasteiger partial charge in [0.2, 0.25) is 0 Å². The number of nitriles is 1. The summed E-state index contributed by atoms with van der Waals surface area (Å²) in [5.41, 5.74) is 7.49. The van der Waals surface area contributed by atoms with Crippen LogP contribution in [0.25, 0.3) is 0 Å². The van der Waals surface area contributed by atoms with E-state index in [4.69, 9.17) is 15.7 Å². The van der Waals surface area contributed by atoms with Crippen LogP contribution in [0.4, 0.5) is 17.2 Å². The zero-order valence-electron chi connectivity index (χ0n) is 9.84. The average Bonchev–Trinajstić information content (AvgIpc) is 2.41. The number of benzene rings is 1. The number of hydrogen-bond acceptors (Lipinski definition) is 5. The molecule has 2 aromatic rings. The van der Waals surface area contributed by atoms with Gasteiger partial charge in [0.05, 0.1) is 18.4 Å². The van der Waals surface area contributed by atoms with Gasteiger partial charge in [-0.25, -0.2) is 4.98 Å². The molecule has 1 aromatic carbocycles. The lowest BCUT2D eigenvalue weighted by Crippen LogP contribution is -2.00. The molecule has 0 unspecified atom stereocenters. The van der Waals surface area contributed by atoms with Crippen molar-refractivity contribution in [2.24, 2.45) is 0 Å². The molecule has 1 aromatic heterocycles. The second-order valence-electron chi connectivity index (χ2n) is 3.63. The quantitative estimate of drug-likeness (QED) is 0.859. The minimum absolute atomic E-state index is 0.428. The molecule has 5 heteroatoms. The summed E-state index contributed by atoms with van der Waals surface area (Å²) in [4.78, 5) is 4.10. The van der Waals surface area contributed by atoms with Crippen molar-refractivity contribution < 1.29 is 4.74 Å². The van der Waals surface area contributed by atoms with Gasteiger partial charge in [0, 0.05) is 18.0 Å².